The van der Waals surface area contributed by atoms with Crippen LogP contribution in [-0.2, 0) is 15.7 Å². The topological polar surface area (TPSA) is 118 Å². The highest BCUT2D eigenvalue weighted by Gasteiger charge is 2.39. The van der Waals surface area contributed by atoms with Gasteiger partial charge in [-0.1, -0.05) is 65.0 Å². The molecule has 0 radical (unpaired) electrons. The number of hydrogen-bond donors (Lipinski definition) is 2. The Kier molecular flexibility index (Phi) is 6.72. The van der Waals surface area contributed by atoms with E-state index >= 15 is 0 Å². The molecule has 4 heterocycles. The Morgan fingerprint density at radius 2 is 1.88 bits per heavy atom. The average Bonchev–Trinajstić information content (AvgIpc) is 3.56. The van der Waals surface area contributed by atoms with Gasteiger partial charge in [0.15, 0.2) is 5.69 Å². The van der Waals surface area contributed by atoms with Gasteiger partial charge in [0.1, 0.15) is 5.00 Å². The van der Waals surface area contributed by atoms with E-state index in [1.807, 2.05) is 49.4 Å². The van der Waals surface area contributed by atoms with Crippen LogP contribution in [0.3, 0.4) is 0 Å². The standard InChI is InChI=1S/C26H22F3N7O3S/c1-14-13-36(11-12-38-14)23-19(32-24(40-23)26(27,28)29)22-34-35-25(39-22)33-20-21(37)30-17-10-6-5-9-16(17)18(31-20)15-7-3-2-4-8-15/h2-10,14,20H,11-13H2,1H3,(H,30,37)(H,33,35)/t14-,20+/m0/s1. The van der Waals surface area contributed by atoms with Crippen LogP contribution < -0.4 is 15.5 Å². The van der Waals surface area contributed by atoms with Crippen LogP contribution in [0, 0.1) is 0 Å². The van der Waals surface area contributed by atoms with E-state index in [1.165, 1.54) is 0 Å². The Morgan fingerprint density at radius 1 is 1.10 bits per heavy atom. The molecule has 6 rings (SSSR count). The minimum Gasteiger partial charge on any atom is -0.402 e. The first kappa shape index (κ1) is 26.0. The molecule has 0 aliphatic carbocycles. The van der Waals surface area contributed by atoms with E-state index in [0.29, 0.717) is 42.4 Å². The van der Waals surface area contributed by atoms with Gasteiger partial charge in [0.05, 0.1) is 24.1 Å². The molecule has 1 saturated heterocycles. The third-order valence-electron chi connectivity index (χ3n) is 6.26. The maximum atomic E-state index is 13.6. The lowest BCUT2D eigenvalue weighted by Crippen LogP contribution is -2.40. The number of benzene rings is 2. The van der Waals surface area contributed by atoms with Crippen molar-refractivity contribution in [3.05, 3.63) is 70.7 Å². The molecule has 2 aliphatic rings. The Balaban J connectivity index is 1.33. The first-order valence-electron chi connectivity index (χ1n) is 12.3. The predicted molar refractivity (Wildman–Crippen MR) is 143 cm³/mol. The van der Waals surface area contributed by atoms with Gasteiger partial charge in [-0.2, -0.15) is 13.2 Å². The molecule has 0 saturated carbocycles. The van der Waals surface area contributed by atoms with Gasteiger partial charge in [-0.15, -0.1) is 5.10 Å². The second kappa shape index (κ2) is 10.4. The number of fused-ring (bicyclic) bond motifs is 1. The van der Waals surface area contributed by atoms with Crippen molar-refractivity contribution in [2.45, 2.75) is 25.4 Å². The van der Waals surface area contributed by atoms with Crippen LogP contribution in [0.2, 0.25) is 0 Å². The van der Waals surface area contributed by atoms with Crippen molar-refractivity contribution in [2.75, 3.05) is 35.2 Å². The number of thiazole rings is 1. The molecule has 206 valence electrons. The fraction of sp³-hybridized carbons (Fsp3) is 0.269. The molecule has 0 spiro atoms. The van der Waals surface area contributed by atoms with Gasteiger partial charge in [0.25, 0.3) is 11.8 Å². The zero-order chi connectivity index (χ0) is 27.9. The van der Waals surface area contributed by atoms with Crippen molar-refractivity contribution in [3.8, 4) is 11.6 Å². The molecule has 0 bridgehead atoms. The second-order valence-electron chi connectivity index (χ2n) is 9.14. The fourth-order valence-corrected chi connectivity index (χ4v) is 5.43. The largest absolute Gasteiger partial charge is 0.443 e. The molecular formula is C26H22F3N7O3S. The van der Waals surface area contributed by atoms with Gasteiger partial charge in [0.2, 0.25) is 11.2 Å². The number of halogens is 3. The van der Waals surface area contributed by atoms with Crippen molar-refractivity contribution in [2.24, 2.45) is 4.99 Å². The molecule has 1 fully saturated rings. The second-order valence-corrected chi connectivity index (χ2v) is 10.1. The summed E-state index contributed by atoms with van der Waals surface area (Å²) in [5.41, 5.74) is 2.57. The summed E-state index contributed by atoms with van der Waals surface area (Å²) >= 11 is 0.509. The third kappa shape index (κ3) is 5.14. The molecule has 40 heavy (non-hydrogen) atoms. The predicted octanol–water partition coefficient (Wildman–Crippen LogP) is 4.66. The number of rotatable bonds is 5. The number of anilines is 3. The molecule has 10 nitrogen and oxygen atoms in total. The van der Waals surface area contributed by atoms with Gasteiger partial charge in [-0.05, 0) is 13.0 Å². The van der Waals surface area contributed by atoms with Crippen LogP contribution in [0.25, 0.3) is 11.6 Å². The van der Waals surface area contributed by atoms with Crippen molar-refractivity contribution in [3.63, 3.8) is 0 Å². The van der Waals surface area contributed by atoms with Gasteiger partial charge in [-0.25, -0.2) is 9.98 Å². The summed E-state index contributed by atoms with van der Waals surface area (Å²) in [5.74, 6) is -0.692. The normalized spacial score (nSPS) is 19.4. The number of nitrogens with zero attached hydrogens (tertiary/aromatic N) is 5. The van der Waals surface area contributed by atoms with Gasteiger partial charge < -0.3 is 24.7 Å². The highest BCUT2D eigenvalue weighted by Crippen LogP contribution is 2.43. The molecule has 2 aromatic heterocycles. The van der Waals surface area contributed by atoms with E-state index in [9.17, 15) is 18.0 Å². The Bertz CT molecular complexity index is 1570. The molecular weight excluding hydrogens is 547 g/mol. The van der Waals surface area contributed by atoms with Crippen molar-refractivity contribution in [1.29, 1.82) is 0 Å². The Morgan fingerprint density at radius 3 is 2.65 bits per heavy atom. The van der Waals surface area contributed by atoms with E-state index in [0.717, 1.165) is 11.1 Å². The lowest BCUT2D eigenvalue weighted by Gasteiger charge is -2.31. The average molecular weight is 570 g/mol. The minimum absolute atomic E-state index is 0.0850. The summed E-state index contributed by atoms with van der Waals surface area (Å²) in [5, 5.41) is 12.8. The van der Waals surface area contributed by atoms with Gasteiger partial charge in [0, 0.05) is 24.2 Å². The number of carbonyl (C=O) groups excluding carboxylic acids is 1. The number of hydrogen-bond acceptors (Lipinski definition) is 10. The Hall–Kier alpha value is -4.30. The van der Waals surface area contributed by atoms with Crippen LogP contribution in [0.1, 0.15) is 23.1 Å². The van der Waals surface area contributed by atoms with Gasteiger partial charge in [-0.3, -0.25) is 4.79 Å². The summed E-state index contributed by atoms with van der Waals surface area (Å²) in [7, 11) is 0. The Labute approximate surface area is 229 Å². The SMILES string of the molecule is C[C@H]1CN(c2sc(C(F)(F)F)nc2-c2nnc(N[C@H]3N=C(c4ccccc4)c4ccccc4NC3=O)o2)CCO1. The number of benzodiazepines with no additional fused rings is 1. The van der Waals surface area contributed by atoms with Crippen LogP contribution in [0.15, 0.2) is 64.0 Å². The van der Waals surface area contributed by atoms with Crippen molar-refractivity contribution < 1.29 is 27.1 Å². The lowest BCUT2D eigenvalue weighted by molar-refractivity contribution is -0.137. The molecule has 2 aromatic carbocycles. The van der Waals surface area contributed by atoms with Crippen LogP contribution in [0.5, 0.6) is 0 Å². The summed E-state index contributed by atoms with van der Waals surface area (Å²) in [6.07, 6.45) is -5.99. The number of aromatic nitrogens is 3. The van der Waals surface area contributed by atoms with E-state index in [4.69, 9.17) is 9.15 Å². The molecule has 4 aromatic rings. The van der Waals surface area contributed by atoms with Crippen molar-refractivity contribution in [1.82, 2.24) is 15.2 Å². The molecule has 14 heteroatoms. The van der Waals surface area contributed by atoms with Gasteiger partial charge >= 0.3 is 12.2 Å². The lowest BCUT2D eigenvalue weighted by atomic mass is 10.0. The highest BCUT2D eigenvalue weighted by molar-refractivity contribution is 7.16. The van der Waals surface area contributed by atoms with E-state index in [-0.39, 0.29) is 28.7 Å². The zero-order valence-electron chi connectivity index (χ0n) is 21.0. The zero-order valence-corrected chi connectivity index (χ0v) is 21.8. The molecule has 2 atom stereocenters. The monoisotopic (exact) mass is 569 g/mol. The number of ether oxygens (including phenoxy) is 1. The number of para-hydroxylation sites is 1. The highest BCUT2D eigenvalue weighted by atomic mass is 32.1. The number of alkyl halides is 3. The fourth-order valence-electron chi connectivity index (χ4n) is 4.46. The maximum absolute atomic E-state index is 13.6. The molecule has 2 aliphatic heterocycles. The third-order valence-corrected chi connectivity index (χ3v) is 7.42. The van der Waals surface area contributed by atoms with Crippen molar-refractivity contribution >= 4 is 39.7 Å². The quantitative estimate of drug-likeness (QED) is 0.356. The van der Waals surface area contributed by atoms with Crippen LogP contribution in [0.4, 0.5) is 29.9 Å². The van der Waals surface area contributed by atoms with E-state index in [2.05, 4.69) is 30.8 Å². The minimum atomic E-state index is -4.65. The van der Waals surface area contributed by atoms with Crippen LogP contribution >= 0.6 is 11.3 Å². The van der Waals surface area contributed by atoms with E-state index < -0.39 is 23.3 Å². The number of carbonyl (C=O) groups is 1. The summed E-state index contributed by atoms with van der Waals surface area (Å²) in [6.45, 7) is 2.96. The number of amides is 1. The molecule has 2 N–H and O–H groups in total. The molecule has 1 amide bonds. The van der Waals surface area contributed by atoms with Crippen LogP contribution in [-0.4, -0.2) is 58.8 Å². The first-order valence-corrected chi connectivity index (χ1v) is 13.2. The number of aliphatic imine (C=N–C) groups is 1. The first-order chi connectivity index (χ1) is 19.3. The smallest absolute Gasteiger partial charge is 0.402 e. The summed E-state index contributed by atoms with van der Waals surface area (Å²) < 4.78 is 52.0. The summed E-state index contributed by atoms with van der Waals surface area (Å²) in [6, 6.07) is 16.4. The van der Waals surface area contributed by atoms with E-state index in [1.54, 1.807) is 17.0 Å². The number of morpholine rings is 1. The molecule has 0 unspecified atom stereocenters. The summed E-state index contributed by atoms with van der Waals surface area (Å²) in [4.78, 5) is 23.3. The maximum Gasteiger partial charge on any atom is 0.443 e. The number of nitrogens with one attached hydrogen (secondary N) is 2.